The van der Waals surface area contributed by atoms with Gasteiger partial charge in [0.1, 0.15) is 5.82 Å². The molecule has 1 amide bonds. The van der Waals surface area contributed by atoms with Gasteiger partial charge in [0.2, 0.25) is 0 Å². The number of rotatable bonds is 3. The van der Waals surface area contributed by atoms with E-state index in [1.165, 1.54) is 6.07 Å². The molecule has 104 valence electrons. The minimum Gasteiger partial charge on any atom is -0.481 e. The van der Waals surface area contributed by atoms with Crippen molar-refractivity contribution in [1.82, 2.24) is 4.90 Å². The van der Waals surface area contributed by atoms with E-state index in [1.807, 2.05) is 0 Å². The Balaban J connectivity index is 1.89. The Labute approximate surface area is 110 Å². The van der Waals surface area contributed by atoms with Gasteiger partial charge in [-0.3, -0.25) is 4.79 Å². The van der Waals surface area contributed by atoms with Gasteiger partial charge in [-0.2, -0.15) is 0 Å². The molecule has 6 heteroatoms. The molecule has 0 spiro atoms. The number of halogens is 2. The first-order valence-electron chi connectivity index (χ1n) is 6.17. The minimum absolute atomic E-state index is 0.0137. The fourth-order valence-corrected chi connectivity index (χ4v) is 2.06. The van der Waals surface area contributed by atoms with Crippen molar-refractivity contribution in [2.75, 3.05) is 19.7 Å². The van der Waals surface area contributed by atoms with Crippen LogP contribution in [0.4, 0.5) is 8.78 Å². The van der Waals surface area contributed by atoms with Crippen LogP contribution in [0.1, 0.15) is 12.8 Å². The topological polar surface area (TPSA) is 55.6 Å². The number of carbonyl (C=O) groups excluding carboxylic acids is 1. The predicted molar refractivity (Wildman–Crippen MR) is 65.6 cm³/mol. The number of nitrogens with two attached hydrogens (primary N) is 1. The predicted octanol–water partition coefficient (Wildman–Crippen LogP) is 1.29. The van der Waals surface area contributed by atoms with Crippen molar-refractivity contribution < 1.29 is 18.3 Å². The molecule has 1 saturated heterocycles. The third-order valence-corrected chi connectivity index (χ3v) is 3.06. The molecule has 1 atom stereocenters. The lowest BCUT2D eigenvalue weighted by molar-refractivity contribution is -0.134. The summed E-state index contributed by atoms with van der Waals surface area (Å²) in [7, 11) is 0. The van der Waals surface area contributed by atoms with Crippen molar-refractivity contribution in [2.24, 2.45) is 5.73 Å². The highest BCUT2D eigenvalue weighted by atomic mass is 19.1. The van der Waals surface area contributed by atoms with Crippen LogP contribution in [0.5, 0.6) is 5.75 Å². The van der Waals surface area contributed by atoms with Crippen LogP contribution in [0, 0.1) is 11.6 Å². The zero-order chi connectivity index (χ0) is 13.8. The molecule has 0 radical (unpaired) electrons. The maximum Gasteiger partial charge on any atom is 0.260 e. The molecule has 0 bridgehead atoms. The SMILES string of the molecule is N[C@H]1CCCN(C(=O)COc2ccc(F)cc2F)C1. The summed E-state index contributed by atoms with van der Waals surface area (Å²) in [4.78, 5) is 13.5. The number of hydrogen-bond donors (Lipinski definition) is 1. The Morgan fingerprint density at radius 3 is 2.95 bits per heavy atom. The molecule has 0 saturated carbocycles. The third-order valence-electron chi connectivity index (χ3n) is 3.06. The minimum atomic E-state index is -0.817. The van der Waals surface area contributed by atoms with Gasteiger partial charge in [-0.05, 0) is 25.0 Å². The molecule has 0 unspecified atom stereocenters. The van der Waals surface area contributed by atoms with E-state index in [0.717, 1.165) is 25.0 Å². The quantitative estimate of drug-likeness (QED) is 0.900. The smallest absolute Gasteiger partial charge is 0.260 e. The lowest BCUT2D eigenvalue weighted by Crippen LogP contribution is -2.47. The number of amides is 1. The number of hydrogen-bond acceptors (Lipinski definition) is 3. The Bertz CT molecular complexity index is 468. The zero-order valence-electron chi connectivity index (χ0n) is 10.4. The number of benzene rings is 1. The largest absolute Gasteiger partial charge is 0.481 e. The summed E-state index contributed by atoms with van der Waals surface area (Å²) in [5.74, 6) is -1.86. The van der Waals surface area contributed by atoms with Crippen LogP contribution in [0.3, 0.4) is 0 Å². The highest BCUT2D eigenvalue weighted by Crippen LogP contribution is 2.18. The molecular weight excluding hydrogens is 254 g/mol. The summed E-state index contributed by atoms with van der Waals surface area (Å²) in [5.41, 5.74) is 5.77. The number of nitrogens with zero attached hydrogens (tertiary/aromatic N) is 1. The normalized spacial score (nSPS) is 19.3. The van der Waals surface area contributed by atoms with Gasteiger partial charge >= 0.3 is 0 Å². The van der Waals surface area contributed by atoms with E-state index in [1.54, 1.807) is 4.90 Å². The Hall–Kier alpha value is -1.69. The van der Waals surface area contributed by atoms with E-state index in [2.05, 4.69) is 0 Å². The van der Waals surface area contributed by atoms with Crippen molar-refractivity contribution in [1.29, 1.82) is 0 Å². The average Bonchev–Trinajstić information content (AvgIpc) is 2.37. The van der Waals surface area contributed by atoms with Crippen molar-refractivity contribution in [3.05, 3.63) is 29.8 Å². The lowest BCUT2D eigenvalue weighted by Gasteiger charge is -2.30. The first-order valence-corrected chi connectivity index (χ1v) is 6.17. The molecular formula is C13H16F2N2O2. The monoisotopic (exact) mass is 270 g/mol. The molecule has 1 fully saturated rings. The van der Waals surface area contributed by atoms with E-state index in [0.29, 0.717) is 13.1 Å². The molecule has 2 N–H and O–H groups in total. The summed E-state index contributed by atoms with van der Waals surface area (Å²) in [6.07, 6.45) is 1.76. The molecule has 0 aliphatic carbocycles. The second kappa shape index (κ2) is 5.97. The van der Waals surface area contributed by atoms with E-state index in [9.17, 15) is 13.6 Å². The Morgan fingerprint density at radius 1 is 1.47 bits per heavy atom. The van der Waals surface area contributed by atoms with Crippen molar-refractivity contribution >= 4 is 5.91 Å². The van der Waals surface area contributed by atoms with Gasteiger partial charge in [0.05, 0.1) is 0 Å². The lowest BCUT2D eigenvalue weighted by atomic mass is 10.1. The van der Waals surface area contributed by atoms with Crippen LogP contribution in [0.25, 0.3) is 0 Å². The molecule has 19 heavy (non-hydrogen) atoms. The van der Waals surface area contributed by atoms with E-state index in [-0.39, 0.29) is 24.3 Å². The number of piperidine rings is 1. The highest BCUT2D eigenvalue weighted by molar-refractivity contribution is 5.77. The molecule has 1 aromatic carbocycles. The van der Waals surface area contributed by atoms with E-state index < -0.39 is 11.6 Å². The van der Waals surface area contributed by atoms with Crippen LogP contribution in [-0.4, -0.2) is 36.5 Å². The standard InChI is InChI=1S/C13H16F2N2O2/c14-9-3-4-12(11(15)6-9)19-8-13(18)17-5-1-2-10(16)7-17/h3-4,6,10H,1-2,5,7-8,16H2/t10-/m0/s1. The molecule has 4 nitrogen and oxygen atoms in total. The Kier molecular flexibility index (Phi) is 4.31. The maximum absolute atomic E-state index is 13.3. The van der Waals surface area contributed by atoms with Crippen LogP contribution in [-0.2, 0) is 4.79 Å². The van der Waals surface area contributed by atoms with Gasteiger partial charge in [0, 0.05) is 25.2 Å². The van der Waals surface area contributed by atoms with Crippen LogP contribution < -0.4 is 10.5 Å². The maximum atomic E-state index is 13.3. The second-order valence-corrected chi connectivity index (χ2v) is 4.61. The van der Waals surface area contributed by atoms with E-state index >= 15 is 0 Å². The summed E-state index contributed by atoms with van der Waals surface area (Å²) in [6, 6.07) is 2.95. The van der Waals surface area contributed by atoms with Gasteiger partial charge in [-0.15, -0.1) is 0 Å². The van der Waals surface area contributed by atoms with Gasteiger partial charge in [0.25, 0.3) is 5.91 Å². The molecule has 1 aliphatic heterocycles. The first kappa shape index (κ1) is 13.7. The molecule has 2 rings (SSSR count). The molecule has 0 aromatic heterocycles. The molecule has 1 aromatic rings. The summed E-state index contributed by atoms with van der Waals surface area (Å²) in [5, 5.41) is 0. The summed E-state index contributed by atoms with van der Waals surface area (Å²) in [6.45, 7) is 0.866. The van der Waals surface area contributed by atoms with Crippen LogP contribution in [0.15, 0.2) is 18.2 Å². The van der Waals surface area contributed by atoms with Crippen molar-refractivity contribution in [2.45, 2.75) is 18.9 Å². The van der Waals surface area contributed by atoms with Gasteiger partial charge in [-0.25, -0.2) is 8.78 Å². The van der Waals surface area contributed by atoms with Crippen LogP contribution >= 0.6 is 0 Å². The second-order valence-electron chi connectivity index (χ2n) is 4.61. The number of carbonyl (C=O) groups is 1. The van der Waals surface area contributed by atoms with E-state index in [4.69, 9.17) is 10.5 Å². The zero-order valence-corrected chi connectivity index (χ0v) is 10.4. The van der Waals surface area contributed by atoms with Crippen LogP contribution in [0.2, 0.25) is 0 Å². The van der Waals surface area contributed by atoms with Crippen molar-refractivity contribution in [3.63, 3.8) is 0 Å². The van der Waals surface area contributed by atoms with Gasteiger partial charge in [-0.1, -0.05) is 0 Å². The van der Waals surface area contributed by atoms with Gasteiger partial charge in [0.15, 0.2) is 18.2 Å². The number of likely N-dealkylation sites (tertiary alicyclic amines) is 1. The fourth-order valence-electron chi connectivity index (χ4n) is 2.06. The highest BCUT2D eigenvalue weighted by Gasteiger charge is 2.21. The first-order chi connectivity index (χ1) is 9.06. The van der Waals surface area contributed by atoms with Crippen molar-refractivity contribution in [3.8, 4) is 5.75 Å². The molecule has 1 aliphatic rings. The summed E-state index contributed by atoms with van der Waals surface area (Å²) >= 11 is 0. The average molecular weight is 270 g/mol. The summed E-state index contributed by atoms with van der Waals surface area (Å²) < 4.78 is 31.1. The van der Waals surface area contributed by atoms with Gasteiger partial charge < -0.3 is 15.4 Å². The fraction of sp³-hybridized carbons (Fsp3) is 0.462. The Morgan fingerprint density at radius 2 is 2.26 bits per heavy atom. The number of ether oxygens (including phenoxy) is 1. The molecule has 1 heterocycles. The third kappa shape index (κ3) is 3.64.